The lowest BCUT2D eigenvalue weighted by Gasteiger charge is -2.28. The van der Waals surface area contributed by atoms with Crippen molar-refractivity contribution in [1.82, 2.24) is 25.1 Å². The van der Waals surface area contributed by atoms with E-state index in [9.17, 15) is 14.9 Å². The summed E-state index contributed by atoms with van der Waals surface area (Å²) in [4.78, 5) is 30.2. The van der Waals surface area contributed by atoms with Gasteiger partial charge in [-0.25, -0.2) is 4.98 Å². The minimum Gasteiger partial charge on any atom is -0.367 e. The molecule has 0 bridgehead atoms. The van der Waals surface area contributed by atoms with Gasteiger partial charge < -0.3 is 20.1 Å². The summed E-state index contributed by atoms with van der Waals surface area (Å²) < 4.78 is 1.77. The van der Waals surface area contributed by atoms with Crippen LogP contribution in [0.1, 0.15) is 48.8 Å². The minimum absolute atomic E-state index is 0.0635. The summed E-state index contributed by atoms with van der Waals surface area (Å²) in [6.45, 7) is 2.55. The molecule has 30 heavy (non-hydrogen) atoms. The van der Waals surface area contributed by atoms with Crippen LogP contribution in [0.2, 0.25) is 0 Å². The Bertz CT molecular complexity index is 920. The second kappa shape index (κ2) is 9.06. The highest BCUT2D eigenvalue weighted by molar-refractivity contribution is 6.00. The molecule has 2 aromatic rings. The van der Waals surface area contributed by atoms with Crippen molar-refractivity contribution in [3.8, 4) is 0 Å². The molecule has 0 atom stereocenters. The van der Waals surface area contributed by atoms with E-state index in [1.807, 2.05) is 7.05 Å². The number of aromatic nitrogens is 4. The van der Waals surface area contributed by atoms with Gasteiger partial charge in [-0.05, 0) is 31.6 Å². The molecule has 0 saturated heterocycles. The largest absolute Gasteiger partial charge is 0.367 e. The second-order valence-corrected chi connectivity index (χ2v) is 7.88. The van der Waals surface area contributed by atoms with Crippen molar-refractivity contribution in [3.63, 3.8) is 0 Å². The Balaban J connectivity index is 1.93. The van der Waals surface area contributed by atoms with Gasteiger partial charge in [0.2, 0.25) is 5.82 Å². The van der Waals surface area contributed by atoms with Crippen molar-refractivity contribution in [2.75, 3.05) is 24.3 Å². The first kappa shape index (κ1) is 21.5. The first-order valence-electron chi connectivity index (χ1n) is 10.0. The normalized spacial score (nSPS) is 18.7. The van der Waals surface area contributed by atoms with E-state index in [1.165, 1.54) is 6.07 Å². The molecule has 0 spiro atoms. The number of nitrogens with zero attached hydrogens (tertiary/aromatic N) is 6. The Morgan fingerprint density at radius 2 is 2.07 bits per heavy atom. The lowest BCUT2D eigenvalue weighted by Crippen LogP contribution is -2.38. The molecule has 1 aliphatic rings. The Morgan fingerprint density at radius 1 is 1.37 bits per heavy atom. The van der Waals surface area contributed by atoms with E-state index in [0.717, 1.165) is 25.7 Å². The smallest absolute Gasteiger partial charge is 0.312 e. The van der Waals surface area contributed by atoms with Gasteiger partial charge in [-0.15, -0.1) is 10.2 Å². The lowest BCUT2D eigenvalue weighted by atomic mass is 9.87. The molecule has 0 radical (unpaired) electrons. The predicted octanol–water partition coefficient (Wildman–Crippen LogP) is 2.10. The van der Waals surface area contributed by atoms with Gasteiger partial charge in [0.25, 0.3) is 5.91 Å². The van der Waals surface area contributed by atoms with Gasteiger partial charge in [0.05, 0.1) is 17.0 Å². The van der Waals surface area contributed by atoms with E-state index in [-0.39, 0.29) is 29.0 Å². The molecule has 11 nitrogen and oxygen atoms in total. The number of nitro groups is 1. The van der Waals surface area contributed by atoms with E-state index in [4.69, 9.17) is 0 Å². The molecule has 1 amide bonds. The molecule has 2 heterocycles. The van der Waals surface area contributed by atoms with Crippen LogP contribution < -0.4 is 15.5 Å². The van der Waals surface area contributed by atoms with Gasteiger partial charge in [0.15, 0.2) is 5.82 Å². The summed E-state index contributed by atoms with van der Waals surface area (Å²) in [5.74, 6) is 1.42. The molecule has 0 aliphatic heterocycles. The van der Waals surface area contributed by atoms with Crippen molar-refractivity contribution < 1.29 is 9.72 Å². The number of amides is 1. The summed E-state index contributed by atoms with van der Waals surface area (Å²) in [5, 5.41) is 25.2. The number of pyridine rings is 1. The molecule has 0 aromatic carbocycles. The van der Waals surface area contributed by atoms with E-state index in [2.05, 4.69) is 32.7 Å². The number of hydrogen-bond acceptors (Lipinski definition) is 8. The summed E-state index contributed by atoms with van der Waals surface area (Å²) >= 11 is 0. The molecule has 3 rings (SSSR count). The second-order valence-electron chi connectivity index (χ2n) is 7.88. The standard InChI is InChI=1S/C19H28N8O3/c1-12-5-7-13(8-6-12)22-19(28)14-9-15(27(29)30)17(20-2)23-18(14)25(3)10-16-24-21-11-26(16)4/h9,11-13H,5-8,10H2,1-4H3,(H,20,23)(H,22,28). The molecule has 11 heteroatoms. The highest BCUT2D eigenvalue weighted by atomic mass is 16.6. The van der Waals surface area contributed by atoms with Crippen molar-refractivity contribution in [2.24, 2.45) is 13.0 Å². The van der Waals surface area contributed by atoms with Gasteiger partial charge in [-0.1, -0.05) is 6.92 Å². The predicted molar refractivity (Wildman–Crippen MR) is 112 cm³/mol. The number of aryl methyl sites for hydroxylation is 1. The SMILES string of the molecule is CNc1nc(N(C)Cc2nncn2C)c(C(=O)NC2CCC(C)CC2)cc1[N+](=O)[O-]. The fourth-order valence-corrected chi connectivity index (χ4v) is 3.68. The molecule has 1 saturated carbocycles. The maximum absolute atomic E-state index is 13.1. The lowest BCUT2D eigenvalue weighted by molar-refractivity contribution is -0.384. The van der Waals surface area contributed by atoms with Crippen LogP contribution in [0.25, 0.3) is 0 Å². The topological polar surface area (TPSA) is 131 Å². The number of rotatable bonds is 7. The maximum atomic E-state index is 13.1. The molecular formula is C19H28N8O3. The zero-order valence-corrected chi connectivity index (χ0v) is 17.8. The molecular weight excluding hydrogens is 388 g/mol. The van der Waals surface area contributed by atoms with Crippen molar-refractivity contribution >= 4 is 23.2 Å². The van der Waals surface area contributed by atoms with Gasteiger partial charge in [-0.3, -0.25) is 14.9 Å². The molecule has 2 N–H and O–H groups in total. The van der Waals surface area contributed by atoms with Crippen LogP contribution in [-0.2, 0) is 13.6 Å². The van der Waals surface area contributed by atoms with Gasteiger partial charge in [0, 0.05) is 33.3 Å². The third kappa shape index (κ3) is 4.66. The first-order valence-corrected chi connectivity index (χ1v) is 10.0. The number of carbonyl (C=O) groups is 1. The average Bonchev–Trinajstić information content (AvgIpc) is 3.12. The molecule has 2 aromatic heterocycles. The Hall–Kier alpha value is -3.24. The molecule has 1 fully saturated rings. The number of carbonyl (C=O) groups excluding carboxylic acids is 1. The number of nitrogens with one attached hydrogen (secondary N) is 2. The third-order valence-electron chi connectivity index (χ3n) is 5.56. The summed E-state index contributed by atoms with van der Waals surface area (Å²) in [6.07, 6.45) is 5.51. The highest BCUT2D eigenvalue weighted by Crippen LogP contribution is 2.30. The number of hydrogen-bond donors (Lipinski definition) is 2. The summed E-state index contributed by atoms with van der Waals surface area (Å²) in [6, 6.07) is 1.36. The molecule has 162 valence electrons. The van der Waals surface area contributed by atoms with Crippen LogP contribution in [-0.4, -0.2) is 50.7 Å². The third-order valence-corrected chi connectivity index (χ3v) is 5.56. The zero-order valence-electron chi connectivity index (χ0n) is 17.8. The van der Waals surface area contributed by atoms with E-state index < -0.39 is 4.92 Å². The Kier molecular flexibility index (Phi) is 6.48. The van der Waals surface area contributed by atoms with E-state index >= 15 is 0 Å². The van der Waals surface area contributed by atoms with E-state index in [1.54, 1.807) is 29.9 Å². The fourth-order valence-electron chi connectivity index (χ4n) is 3.68. The summed E-state index contributed by atoms with van der Waals surface area (Å²) in [5.41, 5.74) is -0.0697. The average molecular weight is 416 g/mol. The Morgan fingerprint density at radius 3 is 2.63 bits per heavy atom. The molecule has 0 unspecified atom stereocenters. The van der Waals surface area contributed by atoms with Crippen molar-refractivity contribution in [1.29, 1.82) is 0 Å². The van der Waals surface area contributed by atoms with Crippen LogP contribution >= 0.6 is 0 Å². The van der Waals surface area contributed by atoms with Crippen LogP contribution in [0.3, 0.4) is 0 Å². The minimum atomic E-state index is -0.537. The van der Waals surface area contributed by atoms with Gasteiger partial charge in [0.1, 0.15) is 12.1 Å². The first-order chi connectivity index (χ1) is 14.3. The van der Waals surface area contributed by atoms with Crippen molar-refractivity contribution in [3.05, 3.63) is 33.9 Å². The fraction of sp³-hybridized carbons (Fsp3) is 0.579. The van der Waals surface area contributed by atoms with E-state index in [0.29, 0.717) is 24.1 Å². The van der Waals surface area contributed by atoms with Gasteiger partial charge >= 0.3 is 5.69 Å². The number of anilines is 2. The van der Waals surface area contributed by atoms with Crippen LogP contribution in [0, 0.1) is 16.0 Å². The zero-order chi connectivity index (χ0) is 21.8. The van der Waals surface area contributed by atoms with Crippen LogP contribution in [0.15, 0.2) is 12.4 Å². The summed E-state index contributed by atoms with van der Waals surface area (Å²) in [7, 11) is 5.15. The van der Waals surface area contributed by atoms with Crippen molar-refractivity contribution in [2.45, 2.75) is 45.2 Å². The maximum Gasteiger partial charge on any atom is 0.312 e. The van der Waals surface area contributed by atoms with Crippen LogP contribution in [0.4, 0.5) is 17.3 Å². The van der Waals surface area contributed by atoms with Crippen LogP contribution in [0.5, 0.6) is 0 Å². The monoisotopic (exact) mass is 416 g/mol. The Labute approximate surface area is 175 Å². The molecule has 1 aliphatic carbocycles. The van der Waals surface area contributed by atoms with Gasteiger partial charge in [-0.2, -0.15) is 0 Å². The highest BCUT2D eigenvalue weighted by Gasteiger charge is 2.27. The quantitative estimate of drug-likeness (QED) is 0.518.